The van der Waals surface area contributed by atoms with Gasteiger partial charge in [-0.2, -0.15) is 10.1 Å². The van der Waals surface area contributed by atoms with Crippen molar-refractivity contribution >= 4 is 17.3 Å². The number of para-hydroxylation sites is 1. The number of nitrogens with zero attached hydrogens (tertiary/aromatic N) is 2. The molecule has 0 radical (unpaired) electrons. The number of anilines is 1. The van der Waals surface area contributed by atoms with Crippen molar-refractivity contribution in [2.24, 2.45) is 22.2 Å². The van der Waals surface area contributed by atoms with E-state index < -0.39 is 5.92 Å². The van der Waals surface area contributed by atoms with Gasteiger partial charge in [0.15, 0.2) is 5.78 Å². The molecule has 5 heteroatoms. The second kappa shape index (κ2) is 8.59. The van der Waals surface area contributed by atoms with E-state index in [0.29, 0.717) is 18.3 Å². The lowest BCUT2D eigenvalue weighted by molar-refractivity contribution is -0.130. The molecule has 1 heterocycles. The van der Waals surface area contributed by atoms with Crippen LogP contribution in [0.3, 0.4) is 0 Å². The molecule has 1 aromatic carbocycles. The number of hydrogen-bond acceptors (Lipinski definition) is 5. The first kappa shape index (κ1) is 19.5. The molecule has 1 atom stereocenters. The average molecular weight is 370 g/mol. The first-order valence-electron chi connectivity index (χ1n) is 10.1. The molecular formula is C22H31N3O2. The zero-order valence-electron chi connectivity index (χ0n) is 16.5. The fourth-order valence-electron chi connectivity index (χ4n) is 3.87. The summed E-state index contributed by atoms with van der Waals surface area (Å²) in [5.74, 6) is 0.609. The highest BCUT2D eigenvalue weighted by atomic mass is 16.5. The number of rotatable bonds is 7. The number of ketones is 1. The van der Waals surface area contributed by atoms with Crippen LogP contribution in [0, 0.1) is 11.3 Å². The van der Waals surface area contributed by atoms with Gasteiger partial charge in [-0.15, -0.1) is 0 Å². The molecule has 1 aliphatic carbocycles. The van der Waals surface area contributed by atoms with Gasteiger partial charge in [0, 0.05) is 5.41 Å². The number of unbranched alkanes of at least 4 members (excludes halogenated alkanes) is 1. The molecule has 0 amide bonds. The summed E-state index contributed by atoms with van der Waals surface area (Å²) in [7, 11) is 0. The number of carbonyl (C=O) groups excluding carboxylic acids is 1. The number of nitrogens with two attached hydrogens (primary N) is 1. The zero-order chi connectivity index (χ0) is 19.3. The minimum Gasteiger partial charge on any atom is -0.478 e. The van der Waals surface area contributed by atoms with Gasteiger partial charge in [0.2, 0.25) is 5.88 Å². The highest BCUT2D eigenvalue weighted by molar-refractivity contribution is 6.08. The summed E-state index contributed by atoms with van der Waals surface area (Å²) < 4.78 is 6.01. The van der Waals surface area contributed by atoms with Crippen LogP contribution in [-0.2, 0) is 9.53 Å². The fourth-order valence-corrected chi connectivity index (χ4v) is 3.87. The Morgan fingerprint density at radius 1 is 1.26 bits per heavy atom. The Kier molecular flexibility index (Phi) is 6.19. The lowest BCUT2D eigenvalue weighted by atomic mass is 9.69. The Morgan fingerprint density at radius 3 is 2.63 bits per heavy atom. The van der Waals surface area contributed by atoms with E-state index in [1.54, 1.807) is 5.01 Å². The van der Waals surface area contributed by atoms with Crippen LogP contribution in [0.2, 0.25) is 0 Å². The summed E-state index contributed by atoms with van der Waals surface area (Å²) in [4.78, 5) is 13.3. The third kappa shape index (κ3) is 4.34. The molecule has 5 nitrogen and oxygen atoms in total. The Hall–Kier alpha value is -2.30. The molecule has 0 bridgehead atoms. The minimum atomic E-state index is -0.510. The summed E-state index contributed by atoms with van der Waals surface area (Å²) in [6.07, 6.45) is 9.14. The van der Waals surface area contributed by atoms with E-state index >= 15 is 0 Å². The third-order valence-electron chi connectivity index (χ3n) is 5.64. The van der Waals surface area contributed by atoms with E-state index in [0.717, 1.165) is 44.2 Å². The van der Waals surface area contributed by atoms with Gasteiger partial charge in [-0.3, -0.25) is 4.79 Å². The number of amidine groups is 1. The van der Waals surface area contributed by atoms with Crippen LogP contribution < -0.4 is 10.7 Å². The van der Waals surface area contributed by atoms with Gasteiger partial charge in [0.25, 0.3) is 0 Å². The number of hydrazone groups is 1. The predicted molar refractivity (Wildman–Crippen MR) is 109 cm³/mol. The monoisotopic (exact) mass is 369 g/mol. The second-order valence-corrected chi connectivity index (χ2v) is 7.84. The van der Waals surface area contributed by atoms with Crippen LogP contribution in [0.1, 0.15) is 58.8 Å². The van der Waals surface area contributed by atoms with E-state index in [9.17, 15) is 4.79 Å². The number of ether oxygens (including phenoxy) is 1. The SMILES string of the molecule is CCCCOC1=CC(C(=O)C2(C)CCCCC2)C(N)=NN1c1ccccc1. The van der Waals surface area contributed by atoms with Crippen molar-refractivity contribution in [1.29, 1.82) is 0 Å². The Morgan fingerprint density at radius 2 is 1.96 bits per heavy atom. The predicted octanol–water partition coefficient (Wildman–Crippen LogP) is 4.59. The van der Waals surface area contributed by atoms with Crippen LogP contribution in [0.5, 0.6) is 0 Å². The van der Waals surface area contributed by atoms with Crippen molar-refractivity contribution in [1.82, 2.24) is 0 Å². The first-order valence-corrected chi connectivity index (χ1v) is 10.1. The van der Waals surface area contributed by atoms with Gasteiger partial charge in [0.1, 0.15) is 11.8 Å². The summed E-state index contributed by atoms with van der Waals surface area (Å²) in [6, 6.07) is 9.77. The maximum atomic E-state index is 13.3. The van der Waals surface area contributed by atoms with Gasteiger partial charge in [0.05, 0.1) is 12.3 Å². The lowest BCUT2D eigenvalue weighted by Gasteiger charge is -2.36. The minimum absolute atomic E-state index is 0.174. The molecule has 0 spiro atoms. The largest absolute Gasteiger partial charge is 0.478 e. The van der Waals surface area contributed by atoms with Crippen LogP contribution in [0.25, 0.3) is 0 Å². The van der Waals surface area contributed by atoms with Crippen molar-refractivity contribution in [3.8, 4) is 0 Å². The molecule has 1 saturated carbocycles. The number of benzene rings is 1. The maximum absolute atomic E-state index is 13.3. The van der Waals surface area contributed by atoms with Crippen molar-refractivity contribution in [3.63, 3.8) is 0 Å². The average Bonchev–Trinajstić information content (AvgIpc) is 2.69. The molecule has 27 heavy (non-hydrogen) atoms. The molecule has 3 rings (SSSR count). The molecule has 0 saturated heterocycles. The second-order valence-electron chi connectivity index (χ2n) is 7.84. The topological polar surface area (TPSA) is 67.9 Å². The highest BCUT2D eigenvalue weighted by Crippen LogP contribution is 2.40. The Balaban J connectivity index is 1.88. The van der Waals surface area contributed by atoms with E-state index in [1.165, 1.54) is 6.42 Å². The zero-order valence-corrected chi connectivity index (χ0v) is 16.5. The van der Waals surface area contributed by atoms with Crippen molar-refractivity contribution in [2.45, 2.75) is 58.8 Å². The normalized spacial score (nSPS) is 22.0. The number of carbonyl (C=O) groups is 1. The number of Topliss-reactive ketones (excluding diaryl/α,β-unsaturated/α-hetero) is 1. The third-order valence-corrected chi connectivity index (χ3v) is 5.64. The van der Waals surface area contributed by atoms with Crippen LogP contribution in [0.15, 0.2) is 47.4 Å². The van der Waals surface area contributed by atoms with E-state index in [4.69, 9.17) is 10.5 Å². The van der Waals surface area contributed by atoms with E-state index in [-0.39, 0.29) is 11.2 Å². The standard InChI is InChI=1S/C22H31N3O2/c1-3-4-15-27-19-16-18(20(26)22(2)13-9-6-10-14-22)21(23)24-25(19)17-11-7-5-8-12-17/h5,7-8,11-12,16,18H,3-4,6,9-10,13-15H2,1-2H3,(H2,23,24). The van der Waals surface area contributed by atoms with Gasteiger partial charge in [-0.25, -0.2) is 0 Å². The molecule has 2 N–H and O–H groups in total. The molecule has 146 valence electrons. The van der Waals surface area contributed by atoms with Gasteiger partial charge in [-0.05, 0) is 37.5 Å². The fraction of sp³-hybridized carbons (Fsp3) is 0.545. The summed E-state index contributed by atoms with van der Waals surface area (Å²) in [6.45, 7) is 4.80. The van der Waals surface area contributed by atoms with Crippen LogP contribution in [0.4, 0.5) is 5.69 Å². The molecule has 0 aromatic heterocycles. The smallest absolute Gasteiger partial charge is 0.212 e. The molecular weight excluding hydrogens is 338 g/mol. The number of hydrogen-bond donors (Lipinski definition) is 1. The molecule has 1 aromatic rings. The van der Waals surface area contributed by atoms with Gasteiger partial charge < -0.3 is 10.5 Å². The molecule has 2 aliphatic rings. The summed E-state index contributed by atoms with van der Waals surface area (Å²) in [5, 5.41) is 6.26. The van der Waals surface area contributed by atoms with Crippen LogP contribution in [-0.4, -0.2) is 18.2 Å². The Labute approximate surface area is 162 Å². The van der Waals surface area contributed by atoms with Crippen molar-refractivity contribution in [3.05, 3.63) is 42.3 Å². The van der Waals surface area contributed by atoms with Gasteiger partial charge in [-0.1, -0.05) is 57.7 Å². The Bertz CT molecular complexity index is 706. The molecule has 1 aliphatic heterocycles. The molecule has 1 unspecified atom stereocenters. The maximum Gasteiger partial charge on any atom is 0.212 e. The van der Waals surface area contributed by atoms with Crippen LogP contribution >= 0.6 is 0 Å². The van der Waals surface area contributed by atoms with Gasteiger partial charge >= 0.3 is 0 Å². The highest BCUT2D eigenvalue weighted by Gasteiger charge is 2.41. The summed E-state index contributed by atoms with van der Waals surface area (Å²) in [5.41, 5.74) is 6.83. The van der Waals surface area contributed by atoms with E-state index in [2.05, 4.69) is 18.9 Å². The molecule has 1 fully saturated rings. The van der Waals surface area contributed by atoms with E-state index in [1.807, 2.05) is 36.4 Å². The lowest BCUT2D eigenvalue weighted by Crippen LogP contribution is -2.44. The quantitative estimate of drug-likeness (QED) is 0.714. The first-order chi connectivity index (χ1) is 13.0. The summed E-state index contributed by atoms with van der Waals surface area (Å²) >= 11 is 0. The van der Waals surface area contributed by atoms with Crippen molar-refractivity contribution in [2.75, 3.05) is 11.6 Å². The van der Waals surface area contributed by atoms with Crippen molar-refractivity contribution < 1.29 is 9.53 Å².